The molecule has 35 heavy (non-hydrogen) atoms. The first-order valence-electron chi connectivity index (χ1n) is 11.3. The van der Waals surface area contributed by atoms with Crippen LogP contribution in [-0.2, 0) is 19.5 Å². The molecule has 0 atom stereocenters. The fourth-order valence-electron chi connectivity index (χ4n) is 3.96. The van der Waals surface area contributed by atoms with Gasteiger partial charge < -0.3 is 10.2 Å². The van der Waals surface area contributed by atoms with Gasteiger partial charge in [-0.2, -0.15) is 0 Å². The third kappa shape index (κ3) is 5.32. The number of aryl methyl sites for hydroxylation is 1. The quantitative estimate of drug-likeness (QED) is 0.397. The molecule has 0 radical (unpaired) electrons. The van der Waals surface area contributed by atoms with E-state index in [1.165, 1.54) is 27.6 Å². The number of hydrogen-bond acceptors (Lipinski definition) is 7. The summed E-state index contributed by atoms with van der Waals surface area (Å²) in [5.74, 6) is -0.344. The van der Waals surface area contributed by atoms with Crippen LogP contribution in [0.1, 0.15) is 41.7 Å². The maximum Gasteiger partial charge on any atom is 0.261 e. The van der Waals surface area contributed by atoms with E-state index in [-0.39, 0.29) is 11.8 Å². The van der Waals surface area contributed by atoms with Crippen LogP contribution in [0.25, 0.3) is 10.4 Å². The van der Waals surface area contributed by atoms with Gasteiger partial charge in [-0.3, -0.25) is 19.9 Å². The lowest BCUT2D eigenvalue weighted by Gasteiger charge is -2.20. The summed E-state index contributed by atoms with van der Waals surface area (Å²) in [7, 11) is 2.09. The largest absolute Gasteiger partial charge is 0.347 e. The molecule has 0 aliphatic carbocycles. The van der Waals surface area contributed by atoms with Crippen molar-refractivity contribution in [2.24, 2.45) is 0 Å². The highest BCUT2D eigenvalue weighted by atomic mass is 32.1. The summed E-state index contributed by atoms with van der Waals surface area (Å²) in [6, 6.07) is 13.0. The van der Waals surface area contributed by atoms with Gasteiger partial charge in [-0.05, 0) is 55.4 Å². The predicted molar refractivity (Wildman–Crippen MR) is 140 cm³/mol. The molecule has 7 nitrogen and oxygen atoms in total. The third-order valence-electron chi connectivity index (χ3n) is 5.92. The molecular weight excluding hydrogens is 478 g/mol. The van der Waals surface area contributed by atoms with Crippen LogP contribution in [0.3, 0.4) is 0 Å². The number of nitrogens with zero attached hydrogens (tertiary/aromatic N) is 3. The van der Waals surface area contributed by atoms with Crippen molar-refractivity contribution in [3.63, 3.8) is 0 Å². The van der Waals surface area contributed by atoms with Gasteiger partial charge in [0, 0.05) is 59.3 Å². The summed E-state index contributed by atoms with van der Waals surface area (Å²) in [4.78, 5) is 39.4. The lowest BCUT2D eigenvalue weighted by atomic mass is 10.1. The van der Waals surface area contributed by atoms with Gasteiger partial charge in [-0.1, -0.05) is 12.1 Å². The van der Waals surface area contributed by atoms with Crippen LogP contribution in [0.5, 0.6) is 0 Å². The highest BCUT2D eigenvalue weighted by molar-refractivity contribution is 7.17. The Hall–Kier alpha value is -3.40. The number of fused-ring (bicyclic) bond motifs is 1. The summed E-state index contributed by atoms with van der Waals surface area (Å²) < 4.78 is 0. The minimum absolute atomic E-state index is 0.143. The second-order valence-electron chi connectivity index (χ2n) is 8.57. The standard InChI is InChI=1S/C26H25N5O2S2/c1-16-8-10-27-14-19(16)21-6-7-22(34-21)25(33)28-13-17-4-3-5-18(12-17)24(32)30-26-29-20-9-11-31(2)15-23(20)35-26/h3-8,10,12,14H,9,11,13,15H2,1-2H3,(H,28,33)(H,29,30,32). The number of carbonyl (C=O) groups is 2. The number of rotatable bonds is 6. The second-order valence-corrected chi connectivity index (χ2v) is 10.7. The maximum absolute atomic E-state index is 12.8. The molecular formula is C26H25N5O2S2. The molecule has 0 unspecified atom stereocenters. The molecule has 178 valence electrons. The van der Waals surface area contributed by atoms with Crippen LogP contribution in [-0.4, -0.2) is 40.3 Å². The zero-order valence-corrected chi connectivity index (χ0v) is 21.1. The van der Waals surface area contributed by atoms with E-state index in [0.29, 0.717) is 22.1 Å². The Balaban J connectivity index is 1.21. The Bertz CT molecular complexity index is 1390. The molecule has 2 N–H and O–H groups in total. The van der Waals surface area contributed by atoms with Gasteiger partial charge in [-0.25, -0.2) is 4.98 Å². The van der Waals surface area contributed by atoms with Crippen LogP contribution in [0.4, 0.5) is 5.13 Å². The van der Waals surface area contributed by atoms with Gasteiger partial charge in [-0.15, -0.1) is 22.7 Å². The monoisotopic (exact) mass is 503 g/mol. The predicted octanol–water partition coefficient (Wildman–Crippen LogP) is 4.75. The number of hydrogen-bond donors (Lipinski definition) is 2. The highest BCUT2D eigenvalue weighted by Gasteiger charge is 2.19. The summed E-state index contributed by atoms with van der Waals surface area (Å²) in [5, 5.41) is 6.52. The van der Waals surface area contributed by atoms with Gasteiger partial charge in [0.1, 0.15) is 0 Å². The van der Waals surface area contributed by atoms with Crippen molar-refractivity contribution in [3.05, 3.63) is 87.0 Å². The van der Waals surface area contributed by atoms with Crippen molar-refractivity contribution in [2.75, 3.05) is 18.9 Å². The first-order chi connectivity index (χ1) is 17.0. The van der Waals surface area contributed by atoms with Crippen molar-refractivity contribution in [3.8, 4) is 10.4 Å². The molecule has 4 aromatic rings. The molecule has 0 spiro atoms. The van der Waals surface area contributed by atoms with Gasteiger partial charge in [0.15, 0.2) is 5.13 Å². The molecule has 9 heteroatoms. The summed E-state index contributed by atoms with van der Waals surface area (Å²) in [6.45, 7) is 4.21. The van der Waals surface area contributed by atoms with Crippen molar-refractivity contribution in [2.45, 2.75) is 26.4 Å². The van der Waals surface area contributed by atoms with Gasteiger partial charge in [0.2, 0.25) is 0 Å². The number of benzene rings is 1. The van der Waals surface area contributed by atoms with Crippen molar-refractivity contribution >= 4 is 39.6 Å². The smallest absolute Gasteiger partial charge is 0.261 e. The number of pyridine rings is 1. The number of carbonyl (C=O) groups excluding carboxylic acids is 2. The molecule has 1 aliphatic rings. The van der Waals surface area contributed by atoms with E-state index in [0.717, 1.165) is 46.8 Å². The van der Waals surface area contributed by atoms with Crippen LogP contribution in [0, 0.1) is 6.92 Å². The minimum atomic E-state index is -0.202. The fourth-order valence-corrected chi connectivity index (χ4v) is 6.05. The van der Waals surface area contributed by atoms with E-state index >= 15 is 0 Å². The van der Waals surface area contributed by atoms with Crippen molar-refractivity contribution < 1.29 is 9.59 Å². The molecule has 0 saturated heterocycles. The molecule has 0 fully saturated rings. The Kier molecular flexibility index (Phi) is 6.72. The van der Waals surface area contributed by atoms with Crippen molar-refractivity contribution in [1.82, 2.24) is 20.2 Å². The Morgan fingerprint density at radius 2 is 2.00 bits per heavy atom. The van der Waals surface area contributed by atoms with Crippen molar-refractivity contribution in [1.29, 1.82) is 0 Å². The molecule has 0 saturated carbocycles. The average Bonchev–Trinajstić information content (AvgIpc) is 3.50. The summed E-state index contributed by atoms with van der Waals surface area (Å²) >= 11 is 2.97. The molecule has 4 heterocycles. The number of nitrogens with one attached hydrogen (secondary N) is 2. The summed E-state index contributed by atoms with van der Waals surface area (Å²) in [5.41, 5.74) is 4.62. The molecule has 1 aliphatic heterocycles. The SMILES string of the molecule is Cc1ccncc1-c1ccc(C(=O)NCc2cccc(C(=O)Nc3nc4c(s3)CN(C)CC4)c2)s1. The first kappa shape index (κ1) is 23.3. The molecule has 1 aromatic carbocycles. The molecule has 3 aromatic heterocycles. The molecule has 5 rings (SSSR count). The number of amides is 2. The zero-order chi connectivity index (χ0) is 24.4. The normalized spacial score (nSPS) is 13.3. The van der Waals surface area contributed by atoms with E-state index in [1.807, 2.05) is 43.5 Å². The number of aromatic nitrogens is 2. The fraction of sp³-hybridized carbons (Fsp3) is 0.231. The van der Waals surface area contributed by atoms with Crippen LogP contribution in [0.15, 0.2) is 54.9 Å². The lowest BCUT2D eigenvalue weighted by Crippen LogP contribution is -2.25. The zero-order valence-electron chi connectivity index (χ0n) is 19.5. The van der Waals surface area contributed by atoms with E-state index in [1.54, 1.807) is 18.3 Å². The van der Waals surface area contributed by atoms with E-state index in [9.17, 15) is 9.59 Å². The lowest BCUT2D eigenvalue weighted by molar-refractivity contribution is 0.0954. The average molecular weight is 504 g/mol. The minimum Gasteiger partial charge on any atom is -0.347 e. The number of thiazole rings is 1. The summed E-state index contributed by atoms with van der Waals surface area (Å²) in [6.07, 6.45) is 4.48. The molecule has 0 bridgehead atoms. The topological polar surface area (TPSA) is 87.2 Å². The first-order valence-corrected chi connectivity index (χ1v) is 13.0. The Morgan fingerprint density at radius 1 is 1.11 bits per heavy atom. The van der Waals surface area contributed by atoms with Crippen LogP contribution >= 0.6 is 22.7 Å². The number of likely N-dealkylation sites (N-methyl/N-ethyl adjacent to an activating group) is 1. The van der Waals surface area contributed by atoms with Gasteiger partial charge in [0.05, 0.1) is 10.6 Å². The van der Waals surface area contributed by atoms with Gasteiger partial charge >= 0.3 is 0 Å². The molecule has 2 amide bonds. The Morgan fingerprint density at radius 3 is 2.86 bits per heavy atom. The van der Waals surface area contributed by atoms with Gasteiger partial charge in [0.25, 0.3) is 11.8 Å². The maximum atomic E-state index is 12.8. The number of anilines is 1. The number of thiophene rings is 1. The van der Waals surface area contributed by atoms with Crippen LogP contribution < -0.4 is 10.6 Å². The van der Waals surface area contributed by atoms with Crippen LogP contribution in [0.2, 0.25) is 0 Å². The van der Waals surface area contributed by atoms with E-state index in [4.69, 9.17) is 0 Å². The van der Waals surface area contributed by atoms with E-state index < -0.39 is 0 Å². The van der Waals surface area contributed by atoms with E-state index in [2.05, 4.69) is 32.5 Å². The Labute approximate surface area is 211 Å². The highest BCUT2D eigenvalue weighted by Crippen LogP contribution is 2.30. The second kappa shape index (κ2) is 10.1. The third-order valence-corrected chi connectivity index (χ3v) is 8.03.